The van der Waals surface area contributed by atoms with Gasteiger partial charge in [-0.1, -0.05) is 18.2 Å². The summed E-state index contributed by atoms with van der Waals surface area (Å²) in [6, 6.07) is 13.2. The monoisotopic (exact) mass is 342 g/mol. The molecule has 1 aromatic carbocycles. The minimum Gasteiger partial charge on any atom is -0.319 e. The van der Waals surface area contributed by atoms with Gasteiger partial charge in [0.2, 0.25) is 5.91 Å². The summed E-state index contributed by atoms with van der Waals surface area (Å²) in [5, 5.41) is 7.86. The Balaban J connectivity index is 1.57. The van der Waals surface area contributed by atoms with Crippen LogP contribution < -0.4 is 5.32 Å². The van der Waals surface area contributed by atoms with Crippen molar-refractivity contribution in [2.45, 2.75) is 0 Å². The highest BCUT2D eigenvalue weighted by molar-refractivity contribution is 6.04. The van der Waals surface area contributed by atoms with Crippen LogP contribution in [0.15, 0.2) is 73.6 Å². The van der Waals surface area contributed by atoms with Crippen LogP contribution in [0.4, 0.5) is 5.69 Å². The molecule has 1 amide bonds. The number of rotatable bonds is 4. The van der Waals surface area contributed by atoms with Crippen molar-refractivity contribution in [1.29, 1.82) is 0 Å². The van der Waals surface area contributed by atoms with Crippen LogP contribution in [0.25, 0.3) is 22.8 Å². The second kappa shape index (κ2) is 6.94. The number of carbonyl (C=O) groups excluding carboxylic acids is 1. The van der Waals surface area contributed by atoms with Gasteiger partial charge in [0.1, 0.15) is 12.7 Å². The van der Waals surface area contributed by atoms with Crippen molar-refractivity contribution in [2.75, 3.05) is 5.32 Å². The molecule has 26 heavy (non-hydrogen) atoms. The molecule has 4 rings (SSSR count). The molecule has 3 aromatic heterocycles. The minimum atomic E-state index is -0.264. The average Bonchev–Trinajstić information content (AvgIpc) is 3.21. The van der Waals surface area contributed by atoms with Gasteiger partial charge in [-0.3, -0.25) is 9.78 Å². The van der Waals surface area contributed by atoms with Gasteiger partial charge in [0.25, 0.3) is 0 Å². The lowest BCUT2D eigenvalue weighted by atomic mass is 10.1. The number of hydrogen-bond acceptors (Lipinski definition) is 5. The number of amides is 1. The highest BCUT2D eigenvalue weighted by Gasteiger charge is 2.08. The zero-order valence-corrected chi connectivity index (χ0v) is 13.6. The minimum absolute atomic E-state index is 0.264. The van der Waals surface area contributed by atoms with Gasteiger partial charge in [-0.05, 0) is 35.9 Å². The summed E-state index contributed by atoms with van der Waals surface area (Å²) in [5.74, 6) is 0.237. The van der Waals surface area contributed by atoms with Crippen molar-refractivity contribution >= 4 is 28.6 Å². The Bertz CT molecular complexity index is 1080. The lowest BCUT2D eigenvalue weighted by molar-refractivity contribution is -0.111. The number of hydrogen-bond donors (Lipinski definition) is 1. The van der Waals surface area contributed by atoms with Crippen molar-refractivity contribution in [3.8, 4) is 5.82 Å². The third-order valence-corrected chi connectivity index (χ3v) is 3.78. The molecule has 0 saturated heterocycles. The highest BCUT2D eigenvalue weighted by Crippen LogP contribution is 2.18. The van der Waals surface area contributed by atoms with Gasteiger partial charge in [-0.15, -0.1) is 0 Å². The number of nitrogens with one attached hydrogen (secondary N) is 1. The summed E-state index contributed by atoms with van der Waals surface area (Å²) in [7, 11) is 0. The molecular formula is C19H14N6O. The van der Waals surface area contributed by atoms with Crippen molar-refractivity contribution < 1.29 is 4.79 Å². The maximum atomic E-state index is 12.4. The van der Waals surface area contributed by atoms with Crippen LogP contribution in [0.1, 0.15) is 5.56 Å². The topological polar surface area (TPSA) is 85.6 Å². The van der Waals surface area contributed by atoms with Gasteiger partial charge in [0.05, 0.1) is 11.2 Å². The van der Waals surface area contributed by atoms with Crippen LogP contribution in [0.5, 0.6) is 0 Å². The molecule has 7 heteroatoms. The van der Waals surface area contributed by atoms with E-state index in [9.17, 15) is 4.79 Å². The number of para-hydroxylation sites is 1. The zero-order valence-electron chi connectivity index (χ0n) is 13.6. The number of aromatic nitrogens is 5. The van der Waals surface area contributed by atoms with E-state index in [1.807, 2.05) is 30.3 Å². The first-order chi connectivity index (χ1) is 12.8. The van der Waals surface area contributed by atoms with Gasteiger partial charge in [-0.25, -0.2) is 14.6 Å². The average molecular weight is 342 g/mol. The van der Waals surface area contributed by atoms with Crippen molar-refractivity contribution in [2.24, 2.45) is 0 Å². The molecule has 0 unspecified atom stereocenters. The number of pyridine rings is 2. The van der Waals surface area contributed by atoms with Crippen LogP contribution in [0, 0.1) is 0 Å². The third-order valence-electron chi connectivity index (χ3n) is 3.78. The van der Waals surface area contributed by atoms with Crippen LogP contribution in [-0.2, 0) is 4.79 Å². The molecule has 7 nitrogen and oxygen atoms in total. The van der Waals surface area contributed by atoms with Crippen molar-refractivity contribution in [3.05, 3.63) is 79.2 Å². The van der Waals surface area contributed by atoms with Gasteiger partial charge < -0.3 is 5.32 Å². The summed E-state index contributed by atoms with van der Waals surface area (Å²) in [5.41, 5.74) is 2.36. The number of nitrogens with zero attached hydrogens (tertiary/aromatic N) is 5. The normalized spacial score (nSPS) is 11.1. The maximum Gasteiger partial charge on any atom is 0.248 e. The molecular weight excluding hydrogens is 328 g/mol. The molecule has 0 aliphatic carbocycles. The zero-order chi connectivity index (χ0) is 17.8. The molecule has 0 spiro atoms. The number of carbonyl (C=O) groups is 1. The van der Waals surface area contributed by atoms with Gasteiger partial charge in [-0.2, -0.15) is 5.10 Å². The standard InChI is InChI=1S/C19H14N6O/c26-18(8-7-14-9-11-21-16-5-2-1-4-15(14)16)24-17-6-3-10-22-19(17)25-13-20-12-23-25/h1-13H,(H,24,26). The van der Waals surface area contributed by atoms with E-state index in [1.165, 1.54) is 23.4 Å². The fourth-order valence-electron chi connectivity index (χ4n) is 2.60. The molecule has 0 aliphatic heterocycles. The Morgan fingerprint density at radius 1 is 1.04 bits per heavy atom. The van der Waals surface area contributed by atoms with Crippen molar-refractivity contribution in [3.63, 3.8) is 0 Å². The molecule has 0 atom stereocenters. The molecule has 0 saturated carbocycles. The number of anilines is 1. The first-order valence-electron chi connectivity index (χ1n) is 7.94. The lowest BCUT2D eigenvalue weighted by Gasteiger charge is -2.07. The van der Waals surface area contributed by atoms with Crippen molar-refractivity contribution in [1.82, 2.24) is 24.7 Å². The summed E-state index contributed by atoms with van der Waals surface area (Å²) in [4.78, 5) is 24.8. The third kappa shape index (κ3) is 3.18. The fraction of sp³-hybridized carbons (Fsp3) is 0. The van der Waals surface area contributed by atoms with E-state index in [4.69, 9.17) is 0 Å². The maximum absolute atomic E-state index is 12.4. The lowest BCUT2D eigenvalue weighted by Crippen LogP contribution is -2.12. The van der Waals surface area contributed by atoms with E-state index in [-0.39, 0.29) is 5.91 Å². The second-order valence-corrected chi connectivity index (χ2v) is 5.45. The van der Waals surface area contributed by atoms with E-state index in [0.29, 0.717) is 11.5 Å². The Hall–Kier alpha value is -3.87. The predicted molar refractivity (Wildman–Crippen MR) is 98.6 cm³/mol. The van der Waals surface area contributed by atoms with Gasteiger partial charge in [0, 0.05) is 23.9 Å². The second-order valence-electron chi connectivity index (χ2n) is 5.45. The molecule has 1 N–H and O–H groups in total. The Morgan fingerprint density at radius 3 is 2.85 bits per heavy atom. The largest absolute Gasteiger partial charge is 0.319 e. The molecule has 0 radical (unpaired) electrons. The first-order valence-corrected chi connectivity index (χ1v) is 7.94. The number of fused-ring (bicyclic) bond motifs is 1. The Kier molecular flexibility index (Phi) is 4.17. The van der Waals surface area contributed by atoms with E-state index in [1.54, 1.807) is 30.6 Å². The van der Waals surface area contributed by atoms with Gasteiger partial charge in [0.15, 0.2) is 5.82 Å². The molecule has 4 aromatic rings. The summed E-state index contributed by atoms with van der Waals surface area (Å²) >= 11 is 0. The van der Waals surface area contributed by atoms with Crippen LogP contribution in [-0.4, -0.2) is 30.6 Å². The van der Waals surface area contributed by atoms with E-state index >= 15 is 0 Å². The molecule has 0 fully saturated rings. The summed E-state index contributed by atoms with van der Waals surface area (Å²) < 4.78 is 1.50. The first kappa shape index (κ1) is 15.6. The SMILES string of the molecule is O=C(C=Cc1ccnc2ccccc12)Nc1cccnc1-n1cncn1. The smallest absolute Gasteiger partial charge is 0.248 e. The summed E-state index contributed by atoms with van der Waals surface area (Å²) in [6.45, 7) is 0. The van der Waals surface area contributed by atoms with E-state index in [0.717, 1.165) is 16.5 Å². The molecule has 126 valence electrons. The fourth-order valence-corrected chi connectivity index (χ4v) is 2.60. The number of benzene rings is 1. The van der Waals surface area contributed by atoms with E-state index < -0.39 is 0 Å². The summed E-state index contributed by atoms with van der Waals surface area (Å²) in [6.07, 6.45) is 9.55. The predicted octanol–water partition coefficient (Wildman–Crippen LogP) is 2.86. The molecule has 3 heterocycles. The van der Waals surface area contributed by atoms with Crippen LogP contribution in [0.3, 0.4) is 0 Å². The van der Waals surface area contributed by atoms with Gasteiger partial charge >= 0.3 is 0 Å². The Labute approximate surface area is 149 Å². The quantitative estimate of drug-likeness (QED) is 0.576. The Morgan fingerprint density at radius 2 is 1.96 bits per heavy atom. The highest BCUT2D eigenvalue weighted by atomic mass is 16.1. The molecule has 0 bridgehead atoms. The van der Waals surface area contributed by atoms with Crippen LogP contribution >= 0.6 is 0 Å². The van der Waals surface area contributed by atoms with Crippen LogP contribution in [0.2, 0.25) is 0 Å². The molecule has 0 aliphatic rings. The van der Waals surface area contributed by atoms with E-state index in [2.05, 4.69) is 25.4 Å².